The SMILES string of the molecule is Cc1ccc(S(=O)(=O)CCCC(=O)Nc2nnc(Cc3ccc4c(c3)OCCO4)o2)cc1. The molecule has 1 N–H and O–H groups in total. The smallest absolute Gasteiger partial charge is 0.322 e. The van der Waals surface area contributed by atoms with Gasteiger partial charge in [0.15, 0.2) is 21.3 Å². The highest BCUT2D eigenvalue weighted by Gasteiger charge is 2.17. The third kappa shape index (κ3) is 5.44. The van der Waals surface area contributed by atoms with Crippen LogP contribution in [0.2, 0.25) is 0 Å². The van der Waals surface area contributed by atoms with Gasteiger partial charge in [0, 0.05) is 6.42 Å². The van der Waals surface area contributed by atoms with Crippen LogP contribution in [0.1, 0.15) is 29.9 Å². The summed E-state index contributed by atoms with van der Waals surface area (Å²) in [7, 11) is -3.43. The Bertz CT molecular complexity index is 1200. The molecule has 1 amide bonds. The molecule has 32 heavy (non-hydrogen) atoms. The summed E-state index contributed by atoms with van der Waals surface area (Å²) in [6.45, 7) is 2.91. The maximum absolute atomic E-state index is 12.4. The number of nitrogens with zero attached hydrogens (tertiary/aromatic N) is 2. The van der Waals surface area contributed by atoms with Gasteiger partial charge in [0.1, 0.15) is 13.2 Å². The van der Waals surface area contributed by atoms with Crippen LogP contribution in [-0.2, 0) is 21.1 Å². The van der Waals surface area contributed by atoms with Gasteiger partial charge in [-0.1, -0.05) is 28.9 Å². The van der Waals surface area contributed by atoms with Crippen molar-refractivity contribution in [2.24, 2.45) is 0 Å². The van der Waals surface area contributed by atoms with E-state index in [1.54, 1.807) is 24.3 Å². The molecule has 10 heteroatoms. The van der Waals surface area contributed by atoms with Crippen molar-refractivity contribution in [3.05, 3.63) is 59.5 Å². The van der Waals surface area contributed by atoms with E-state index in [0.717, 1.165) is 11.1 Å². The zero-order valence-electron chi connectivity index (χ0n) is 17.5. The van der Waals surface area contributed by atoms with Gasteiger partial charge in [-0.25, -0.2) is 8.42 Å². The summed E-state index contributed by atoms with van der Waals surface area (Å²) in [4.78, 5) is 12.4. The van der Waals surface area contributed by atoms with Crippen LogP contribution in [0.15, 0.2) is 51.8 Å². The predicted octanol–water partition coefficient (Wildman–Crippen LogP) is 2.93. The molecule has 3 aromatic rings. The number of aryl methyl sites for hydroxylation is 1. The summed E-state index contributed by atoms with van der Waals surface area (Å²) in [5.41, 5.74) is 1.88. The van der Waals surface area contributed by atoms with E-state index in [4.69, 9.17) is 13.9 Å². The van der Waals surface area contributed by atoms with Crippen molar-refractivity contribution < 1.29 is 27.1 Å². The van der Waals surface area contributed by atoms with Crippen molar-refractivity contribution in [2.75, 3.05) is 24.3 Å². The van der Waals surface area contributed by atoms with Gasteiger partial charge in [-0.3, -0.25) is 10.1 Å². The van der Waals surface area contributed by atoms with E-state index < -0.39 is 15.7 Å². The zero-order chi connectivity index (χ0) is 22.6. The second-order valence-corrected chi connectivity index (χ2v) is 9.55. The molecule has 0 aliphatic carbocycles. The predicted molar refractivity (Wildman–Crippen MR) is 116 cm³/mol. The molecule has 0 fully saturated rings. The number of nitrogens with one attached hydrogen (secondary N) is 1. The number of rotatable bonds is 8. The van der Waals surface area contributed by atoms with Gasteiger partial charge in [-0.2, -0.15) is 0 Å². The average molecular weight is 458 g/mol. The van der Waals surface area contributed by atoms with Crippen LogP contribution in [0.3, 0.4) is 0 Å². The normalized spacial score (nSPS) is 13.0. The molecule has 0 saturated heterocycles. The van der Waals surface area contributed by atoms with E-state index in [-0.39, 0.29) is 29.5 Å². The number of hydrogen-bond acceptors (Lipinski definition) is 8. The highest BCUT2D eigenvalue weighted by molar-refractivity contribution is 7.91. The molecule has 0 radical (unpaired) electrons. The van der Waals surface area contributed by atoms with E-state index in [2.05, 4.69) is 15.5 Å². The second-order valence-electron chi connectivity index (χ2n) is 7.44. The van der Waals surface area contributed by atoms with Crippen molar-refractivity contribution >= 4 is 21.8 Å². The minimum Gasteiger partial charge on any atom is -0.486 e. The third-order valence-corrected chi connectivity index (χ3v) is 6.69. The van der Waals surface area contributed by atoms with Crippen LogP contribution in [-0.4, -0.2) is 43.5 Å². The standard InChI is InChI=1S/C22H23N3O6S/c1-15-4-7-17(8-5-15)32(27,28)12-2-3-20(26)23-22-25-24-21(31-22)14-16-6-9-18-19(13-16)30-11-10-29-18/h4-9,13H,2-3,10-12,14H2,1H3,(H,23,25,26). The summed E-state index contributed by atoms with van der Waals surface area (Å²) in [5, 5.41) is 10.3. The van der Waals surface area contributed by atoms with E-state index in [1.807, 2.05) is 25.1 Å². The van der Waals surface area contributed by atoms with Crippen LogP contribution in [0, 0.1) is 6.92 Å². The van der Waals surface area contributed by atoms with Crippen molar-refractivity contribution in [1.29, 1.82) is 0 Å². The highest BCUT2D eigenvalue weighted by atomic mass is 32.2. The number of ether oxygens (including phenoxy) is 2. The molecular formula is C22H23N3O6S. The van der Waals surface area contributed by atoms with Crippen LogP contribution < -0.4 is 14.8 Å². The molecule has 168 valence electrons. The van der Waals surface area contributed by atoms with Crippen molar-refractivity contribution in [3.8, 4) is 11.5 Å². The van der Waals surface area contributed by atoms with Crippen LogP contribution in [0.4, 0.5) is 6.01 Å². The van der Waals surface area contributed by atoms with Gasteiger partial charge >= 0.3 is 6.01 Å². The molecule has 0 atom stereocenters. The Kier molecular flexibility index (Phi) is 6.40. The van der Waals surface area contributed by atoms with Crippen LogP contribution in [0.5, 0.6) is 11.5 Å². The Morgan fingerprint density at radius 1 is 1.03 bits per heavy atom. The third-order valence-electron chi connectivity index (χ3n) is 4.87. The maximum Gasteiger partial charge on any atom is 0.322 e. The van der Waals surface area contributed by atoms with Crippen molar-refractivity contribution in [1.82, 2.24) is 10.2 Å². The largest absolute Gasteiger partial charge is 0.486 e. The number of fused-ring (bicyclic) bond motifs is 1. The summed E-state index contributed by atoms with van der Waals surface area (Å²) < 4.78 is 41.3. The molecule has 1 aromatic heterocycles. The Hall–Kier alpha value is -3.40. The number of sulfone groups is 1. The van der Waals surface area contributed by atoms with Gasteiger partial charge < -0.3 is 13.9 Å². The first-order valence-corrected chi connectivity index (χ1v) is 11.8. The Morgan fingerprint density at radius 2 is 1.78 bits per heavy atom. The highest BCUT2D eigenvalue weighted by Crippen LogP contribution is 2.31. The quantitative estimate of drug-likeness (QED) is 0.548. The van der Waals surface area contributed by atoms with Crippen molar-refractivity contribution in [3.63, 3.8) is 0 Å². The summed E-state index contributed by atoms with van der Waals surface area (Å²) >= 11 is 0. The first-order valence-electron chi connectivity index (χ1n) is 10.2. The van der Waals surface area contributed by atoms with Crippen LogP contribution in [0.25, 0.3) is 0 Å². The van der Waals surface area contributed by atoms with Gasteiger partial charge in [0.05, 0.1) is 17.1 Å². The van der Waals surface area contributed by atoms with Crippen molar-refractivity contribution in [2.45, 2.75) is 31.1 Å². The lowest BCUT2D eigenvalue weighted by molar-refractivity contribution is -0.116. The lowest BCUT2D eigenvalue weighted by atomic mass is 10.1. The number of carbonyl (C=O) groups is 1. The fraction of sp³-hybridized carbons (Fsp3) is 0.318. The first-order chi connectivity index (χ1) is 15.4. The zero-order valence-corrected chi connectivity index (χ0v) is 18.4. The molecule has 0 unspecified atom stereocenters. The molecule has 4 rings (SSSR count). The number of hydrogen-bond donors (Lipinski definition) is 1. The Morgan fingerprint density at radius 3 is 2.56 bits per heavy atom. The lowest BCUT2D eigenvalue weighted by Gasteiger charge is -2.18. The summed E-state index contributed by atoms with van der Waals surface area (Å²) in [6, 6.07) is 12.2. The van der Waals surface area contributed by atoms with Gasteiger partial charge in [0.25, 0.3) is 0 Å². The summed E-state index contributed by atoms with van der Waals surface area (Å²) in [6.07, 6.45) is 0.569. The number of anilines is 1. The molecule has 0 saturated carbocycles. The number of aromatic nitrogens is 2. The van der Waals surface area contributed by atoms with Gasteiger partial charge in [-0.05, 0) is 43.2 Å². The van der Waals surface area contributed by atoms with E-state index in [0.29, 0.717) is 37.0 Å². The lowest BCUT2D eigenvalue weighted by Crippen LogP contribution is -2.15. The maximum atomic E-state index is 12.4. The van der Waals surface area contributed by atoms with E-state index >= 15 is 0 Å². The van der Waals surface area contributed by atoms with Gasteiger partial charge in [0.2, 0.25) is 11.8 Å². The Labute approximate surface area is 185 Å². The van der Waals surface area contributed by atoms with E-state index in [9.17, 15) is 13.2 Å². The number of carbonyl (C=O) groups excluding carboxylic acids is 1. The summed E-state index contributed by atoms with van der Waals surface area (Å²) in [5.74, 6) is 1.19. The molecule has 0 spiro atoms. The average Bonchev–Trinajstić information content (AvgIpc) is 3.20. The molecule has 1 aliphatic heterocycles. The fourth-order valence-electron chi connectivity index (χ4n) is 3.22. The molecule has 1 aliphatic rings. The minimum atomic E-state index is -3.43. The van der Waals surface area contributed by atoms with Crippen LogP contribution >= 0.6 is 0 Å². The molecular weight excluding hydrogens is 434 g/mol. The van der Waals surface area contributed by atoms with Gasteiger partial charge in [-0.15, -0.1) is 5.10 Å². The monoisotopic (exact) mass is 457 g/mol. The minimum absolute atomic E-state index is 0.0188. The number of benzene rings is 2. The van der Waals surface area contributed by atoms with E-state index in [1.165, 1.54) is 0 Å². The topological polar surface area (TPSA) is 121 Å². The second kappa shape index (κ2) is 9.39. The molecule has 2 heterocycles. The fourth-order valence-corrected chi connectivity index (χ4v) is 4.53. The molecule has 2 aromatic carbocycles. The molecule has 0 bridgehead atoms. The first kappa shape index (κ1) is 21.8. The molecule has 9 nitrogen and oxygen atoms in total. The number of amides is 1. The Balaban J connectivity index is 1.27.